The lowest BCUT2D eigenvalue weighted by Crippen LogP contribution is -2.35. The van der Waals surface area contributed by atoms with Crippen LogP contribution in [0.1, 0.15) is 17.0 Å². The molecule has 4 rings (SSSR count). The van der Waals surface area contributed by atoms with Crippen LogP contribution in [0, 0.1) is 23.0 Å². The van der Waals surface area contributed by atoms with Gasteiger partial charge in [-0.1, -0.05) is 24.3 Å². The van der Waals surface area contributed by atoms with Crippen LogP contribution in [-0.4, -0.2) is 25.0 Å². The maximum Gasteiger partial charge on any atom is 0.205 e. The van der Waals surface area contributed by atoms with Crippen molar-refractivity contribution in [2.24, 2.45) is 5.73 Å². The Morgan fingerprint density at radius 3 is 2.31 bits per heavy atom. The van der Waals surface area contributed by atoms with Gasteiger partial charge in [0.25, 0.3) is 0 Å². The minimum absolute atomic E-state index is 0.0511. The summed E-state index contributed by atoms with van der Waals surface area (Å²) in [7, 11) is 1.97. The summed E-state index contributed by atoms with van der Waals surface area (Å²) in [5.41, 5.74) is 9.80. The Balaban J connectivity index is 1.85. The number of nitrogens with two attached hydrogens (primary N) is 1. The molecule has 2 N–H and O–H groups in total. The lowest BCUT2D eigenvalue weighted by Gasteiger charge is -2.36. The molecule has 6 heteroatoms. The van der Waals surface area contributed by atoms with E-state index in [1.54, 1.807) is 24.3 Å². The molecule has 2 aliphatic rings. The Morgan fingerprint density at radius 1 is 1.07 bits per heavy atom. The molecule has 2 aromatic carbocycles. The monoisotopic (exact) mass is 391 g/mol. The first-order chi connectivity index (χ1) is 14.0. The van der Waals surface area contributed by atoms with Gasteiger partial charge in [0.15, 0.2) is 0 Å². The summed E-state index contributed by atoms with van der Waals surface area (Å²) in [6.45, 7) is 1.19. The van der Waals surface area contributed by atoms with Gasteiger partial charge >= 0.3 is 0 Å². The third-order valence-electron chi connectivity index (χ3n) is 5.11. The summed E-state index contributed by atoms with van der Waals surface area (Å²) >= 11 is 0. The first kappa shape index (κ1) is 18.9. The van der Waals surface area contributed by atoms with Gasteiger partial charge in [0.1, 0.15) is 29.0 Å². The molecule has 0 saturated heterocycles. The second-order valence-corrected chi connectivity index (χ2v) is 7.22. The van der Waals surface area contributed by atoms with Gasteiger partial charge in [-0.25, -0.2) is 8.78 Å². The summed E-state index contributed by atoms with van der Waals surface area (Å²) in [6, 6.07) is 14.4. The van der Waals surface area contributed by atoms with E-state index in [4.69, 9.17) is 10.5 Å². The van der Waals surface area contributed by atoms with Crippen LogP contribution in [0.3, 0.4) is 0 Å². The maximum absolute atomic E-state index is 13.5. The van der Waals surface area contributed by atoms with Crippen LogP contribution in [0.5, 0.6) is 0 Å². The molecule has 1 atom stereocenters. The fourth-order valence-corrected chi connectivity index (χ4v) is 3.84. The molecule has 0 bridgehead atoms. The lowest BCUT2D eigenvalue weighted by atomic mass is 9.80. The first-order valence-electron chi connectivity index (χ1n) is 9.17. The van der Waals surface area contributed by atoms with Crippen molar-refractivity contribution in [2.75, 3.05) is 20.1 Å². The standard InChI is InChI=1S/C23H19F2N3O/c1-28-12-16(10-14-2-6-17(24)7-3-14)22-20(13-28)21(19(11-26)23(27)29-22)15-4-8-18(25)9-5-15/h2-10,21H,12-13,27H2,1H3/b16-10+/t21-/m0/s1. The van der Waals surface area contributed by atoms with Gasteiger partial charge in [-0.05, 0) is 54.1 Å². The van der Waals surface area contributed by atoms with Crippen LogP contribution >= 0.6 is 0 Å². The van der Waals surface area contributed by atoms with E-state index in [0.29, 0.717) is 24.4 Å². The summed E-state index contributed by atoms with van der Waals surface area (Å²) in [6.07, 6.45) is 1.93. The second kappa shape index (κ2) is 7.53. The SMILES string of the molecule is CN1CC2=C(OC(N)=C(C#N)[C@@H]2c2ccc(F)cc2)/C(=C/c2ccc(F)cc2)C1. The normalized spacial score (nSPS) is 21.0. The Labute approximate surface area is 167 Å². The van der Waals surface area contributed by atoms with Gasteiger partial charge in [0.2, 0.25) is 5.88 Å². The number of nitriles is 1. The molecule has 146 valence electrons. The predicted octanol–water partition coefficient (Wildman–Crippen LogP) is 4.06. The van der Waals surface area contributed by atoms with Crippen molar-refractivity contribution in [3.63, 3.8) is 0 Å². The van der Waals surface area contributed by atoms with Crippen LogP contribution in [0.2, 0.25) is 0 Å². The van der Waals surface area contributed by atoms with E-state index in [-0.39, 0.29) is 17.5 Å². The molecule has 0 aromatic heterocycles. The molecule has 0 amide bonds. The summed E-state index contributed by atoms with van der Waals surface area (Å²) in [5.74, 6) is -0.385. The Hall–Kier alpha value is -3.43. The highest BCUT2D eigenvalue weighted by atomic mass is 19.1. The molecule has 2 aliphatic heterocycles. The highest BCUT2D eigenvalue weighted by Crippen LogP contribution is 2.43. The number of benzene rings is 2. The molecule has 0 saturated carbocycles. The summed E-state index contributed by atoms with van der Waals surface area (Å²) in [5, 5.41) is 9.70. The van der Waals surface area contributed by atoms with Crippen LogP contribution in [0.25, 0.3) is 6.08 Å². The molecule has 0 radical (unpaired) electrons. The third kappa shape index (κ3) is 3.65. The van der Waals surface area contributed by atoms with Gasteiger partial charge in [-0.2, -0.15) is 5.26 Å². The van der Waals surface area contributed by atoms with Crippen LogP contribution in [0.4, 0.5) is 8.78 Å². The maximum atomic E-state index is 13.5. The zero-order valence-corrected chi connectivity index (χ0v) is 15.8. The smallest absolute Gasteiger partial charge is 0.205 e. The largest absolute Gasteiger partial charge is 0.440 e. The van der Waals surface area contributed by atoms with Crippen molar-refractivity contribution < 1.29 is 13.5 Å². The minimum atomic E-state index is -0.413. The third-order valence-corrected chi connectivity index (χ3v) is 5.11. The van der Waals surface area contributed by atoms with Crippen molar-refractivity contribution in [2.45, 2.75) is 5.92 Å². The molecule has 4 nitrogen and oxygen atoms in total. The number of ether oxygens (including phenoxy) is 1. The van der Waals surface area contributed by atoms with E-state index >= 15 is 0 Å². The lowest BCUT2D eigenvalue weighted by molar-refractivity contribution is 0.251. The number of halogens is 2. The fourth-order valence-electron chi connectivity index (χ4n) is 3.84. The average molecular weight is 391 g/mol. The predicted molar refractivity (Wildman–Crippen MR) is 106 cm³/mol. The molecular formula is C23H19F2N3O. The fraction of sp³-hybridized carbons (Fsp3) is 0.174. The van der Waals surface area contributed by atoms with Crippen molar-refractivity contribution in [1.82, 2.24) is 4.90 Å². The van der Waals surface area contributed by atoms with E-state index in [1.807, 2.05) is 13.1 Å². The van der Waals surface area contributed by atoms with Crippen molar-refractivity contribution in [3.05, 3.63) is 99.7 Å². The molecule has 0 spiro atoms. The van der Waals surface area contributed by atoms with Crippen molar-refractivity contribution in [3.8, 4) is 6.07 Å². The zero-order valence-electron chi connectivity index (χ0n) is 15.8. The summed E-state index contributed by atoms with van der Waals surface area (Å²) < 4.78 is 32.6. The van der Waals surface area contributed by atoms with Gasteiger partial charge < -0.3 is 10.5 Å². The molecule has 29 heavy (non-hydrogen) atoms. The number of rotatable bonds is 2. The molecule has 2 aromatic rings. The quantitative estimate of drug-likeness (QED) is 0.839. The van der Waals surface area contributed by atoms with Crippen molar-refractivity contribution >= 4 is 6.08 Å². The number of hydrogen-bond acceptors (Lipinski definition) is 4. The van der Waals surface area contributed by atoms with Crippen LogP contribution in [0.15, 0.2) is 76.9 Å². The summed E-state index contributed by atoms with van der Waals surface area (Å²) in [4.78, 5) is 2.10. The van der Waals surface area contributed by atoms with Crippen LogP contribution in [-0.2, 0) is 4.74 Å². The highest BCUT2D eigenvalue weighted by Gasteiger charge is 2.36. The van der Waals surface area contributed by atoms with Crippen molar-refractivity contribution in [1.29, 1.82) is 5.26 Å². The second-order valence-electron chi connectivity index (χ2n) is 7.22. The molecular weight excluding hydrogens is 372 g/mol. The van der Waals surface area contributed by atoms with Crippen LogP contribution < -0.4 is 5.73 Å². The molecule has 0 fully saturated rings. The Kier molecular flexibility index (Phi) is 4.91. The number of likely N-dealkylation sites (N-methyl/N-ethyl adjacent to an activating group) is 1. The van der Waals surface area contributed by atoms with Gasteiger partial charge in [-0.3, -0.25) is 4.90 Å². The van der Waals surface area contributed by atoms with E-state index in [0.717, 1.165) is 22.3 Å². The molecule has 0 aliphatic carbocycles. The van der Waals surface area contributed by atoms with E-state index in [1.165, 1.54) is 24.3 Å². The van der Waals surface area contributed by atoms with E-state index in [9.17, 15) is 14.0 Å². The average Bonchev–Trinajstić information content (AvgIpc) is 2.70. The Morgan fingerprint density at radius 2 is 1.69 bits per heavy atom. The Bertz CT molecular complexity index is 1080. The van der Waals surface area contributed by atoms with Gasteiger partial charge in [0.05, 0.1) is 5.92 Å². The van der Waals surface area contributed by atoms with Gasteiger partial charge in [-0.15, -0.1) is 0 Å². The number of allylic oxidation sites excluding steroid dienone is 1. The minimum Gasteiger partial charge on any atom is -0.440 e. The highest BCUT2D eigenvalue weighted by molar-refractivity contribution is 5.63. The topological polar surface area (TPSA) is 62.3 Å². The van der Waals surface area contributed by atoms with E-state index < -0.39 is 5.92 Å². The number of hydrogen-bond donors (Lipinski definition) is 1. The number of nitrogens with zero attached hydrogens (tertiary/aromatic N) is 2. The zero-order chi connectivity index (χ0) is 20.5. The molecule has 2 heterocycles. The first-order valence-corrected chi connectivity index (χ1v) is 9.17. The van der Waals surface area contributed by atoms with E-state index in [2.05, 4.69) is 11.0 Å². The molecule has 0 unspecified atom stereocenters. The van der Waals surface area contributed by atoms with Gasteiger partial charge in [0, 0.05) is 18.7 Å².